The van der Waals surface area contributed by atoms with Gasteiger partial charge in [-0.1, -0.05) is 5.21 Å². The highest BCUT2D eigenvalue weighted by atomic mass is 19.4. The number of amides is 1. The van der Waals surface area contributed by atoms with Gasteiger partial charge in [0.1, 0.15) is 11.6 Å². The van der Waals surface area contributed by atoms with E-state index in [0.29, 0.717) is 18.1 Å². The highest BCUT2D eigenvalue weighted by Gasteiger charge is 2.31. The predicted molar refractivity (Wildman–Crippen MR) is 120 cm³/mol. The molecular weight excluding hydrogens is 482 g/mol. The SMILES string of the molecule is O=C(Nc1ccc(CCCCn2cc(CNCc3cc(OC(F)(F)F)ccc3F)nn2)nn1)C1CC1. The van der Waals surface area contributed by atoms with Crippen molar-refractivity contribution in [1.29, 1.82) is 0 Å². The molecule has 1 saturated carbocycles. The van der Waals surface area contributed by atoms with Gasteiger partial charge in [0.05, 0.1) is 11.4 Å². The number of carbonyl (C=O) groups excluding carboxylic acids is 1. The number of aromatic nitrogens is 5. The van der Waals surface area contributed by atoms with Gasteiger partial charge in [0.15, 0.2) is 5.82 Å². The summed E-state index contributed by atoms with van der Waals surface area (Å²) in [5.74, 6) is -0.542. The first-order valence-electron chi connectivity index (χ1n) is 11.5. The van der Waals surface area contributed by atoms with Crippen LogP contribution < -0.4 is 15.4 Å². The maximum atomic E-state index is 13.9. The van der Waals surface area contributed by atoms with Crippen LogP contribution in [0, 0.1) is 11.7 Å². The number of alkyl halides is 3. The first kappa shape index (κ1) is 25.5. The minimum atomic E-state index is -4.84. The predicted octanol–water partition coefficient (Wildman–Crippen LogP) is 3.77. The number of nitrogens with zero attached hydrogens (tertiary/aromatic N) is 5. The second kappa shape index (κ2) is 11.4. The molecule has 2 N–H and O–H groups in total. The summed E-state index contributed by atoms with van der Waals surface area (Å²) in [5.41, 5.74) is 1.50. The molecule has 1 amide bonds. The monoisotopic (exact) mass is 507 g/mol. The van der Waals surface area contributed by atoms with Gasteiger partial charge >= 0.3 is 6.36 Å². The fourth-order valence-corrected chi connectivity index (χ4v) is 3.45. The summed E-state index contributed by atoms with van der Waals surface area (Å²) in [7, 11) is 0. The summed E-state index contributed by atoms with van der Waals surface area (Å²) >= 11 is 0. The number of rotatable bonds is 12. The van der Waals surface area contributed by atoms with Crippen molar-refractivity contribution < 1.29 is 27.1 Å². The molecule has 2 aromatic heterocycles. The van der Waals surface area contributed by atoms with Crippen LogP contribution in [-0.2, 0) is 30.8 Å². The Labute approximate surface area is 204 Å². The van der Waals surface area contributed by atoms with E-state index in [0.717, 1.165) is 56.0 Å². The lowest BCUT2D eigenvalue weighted by Crippen LogP contribution is -2.18. The smallest absolute Gasteiger partial charge is 0.406 e. The molecule has 13 heteroatoms. The van der Waals surface area contributed by atoms with Gasteiger partial charge in [-0.3, -0.25) is 9.48 Å². The summed E-state index contributed by atoms with van der Waals surface area (Å²) in [6.07, 6.45) is 1.19. The van der Waals surface area contributed by atoms with E-state index >= 15 is 0 Å². The van der Waals surface area contributed by atoms with E-state index in [-0.39, 0.29) is 30.5 Å². The van der Waals surface area contributed by atoms with Gasteiger partial charge in [-0.25, -0.2) is 4.39 Å². The van der Waals surface area contributed by atoms with Crippen LogP contribution in [0.25, 0.3) is 0 Å². The summed E-state index contributed by atoms with van der Waals surface area (Å²) in [6, 6.07) is 6.47. The first-order chi connectivity index (χ1) is 17.2. The van der Waals surface area contributed by atoms with Crippen LogP contribution in [0.5, 0.6) is 5.75 Å². The van der Waals surface area contributed by atoms with E-state index in [1.165, 1.54) is 0 Å². The molecule has 0 spiro atoms. The van der Waals surface area contributed by atoms with Crippen molar-refractivity contribution in [2.24, 2.45) is 5.92 Å². The molecule has 192 valence electrons. The zero-order valence-electron chi connectivity index (χ0n) is 19.3. The zero-order valence-corrected chi connectivity index (χ0v) is 19.3. The summed E-state index contributed by atoms with van der Waals surface area (Å²) < 4.78 is 56.5. The van der Waals surface area contributed by atoms with Gasteiger partial charge in [-0.2, -0.15) is 5.10 Å². The van der Waals surface area contributed by atoms with Crippen molar-refractivity contribution in [1.82, 2.24) is 30.5 Å². The number of ether oxygens (including phenoxy) is 1. The minimum absolute atomic E-state index is 0.00215. The van der Waals surface area contributed by atoms with Gasteiger partial charge in [0.2, 0.25) is 5.91 Å². The topological polar surface area (TPSA) is 107 Å². The van der Waals surface area contributed by atoms with E-state index in [9.17, 15) is 22.4 Å². The lowest BCUT2D eigenvalue weighted by Gasteiger charge is -2.11. The highest BCUT2D eigenvalue weighted by molar-refractivity contribution is 5.93. The molecule has 1 aromatic carbocycles. The Morgan fingerprint density at radius 2 is 1.89 bits per heavy atom. The van der Waals surface area contributed by atoms with Crippen LogP contribution in [0.3, 0.4) is 0 Å². The number of unbranched alkanes of at least 4 members (excludes halogenated alkanes) is 1. The van der Waals surface area contributed by atoms with Crippen LogP contribution in [0.1, 0.15) is 42.6 Å². The molecule has 4 rings (SSSR count). The van der Waals surface area contributed by atoms with Gasteiger partial charge in [0, 0.05) is 37.3 Å². The lowest BCUT2D eigenvalue weighted by molar-refractivity contribution is -0.274. The maximum absolute atomic E-state index is 13.9. The Balaban J connectivity index is 1.15. The number of carbonyl (C=O) groups is 1. The van der Waals surface area contributed by atoms with E-state index < -0.39 is 17.9 Å². The van der Waals surface area contributed by atoms with Gasteiger partial charge < -0.3 is 15.4 Å². The van der Waals surface area contributed by atoms with Gasteiger partial charge in [-0.05, 0) is 62.4 Å². The quantitative estimate of drug-likeness (QED) is 0.284. The van der Waals surface area contributed by atoms with Gasteiger partial charge in [-0.15, -0.1) is 23.4 Å². The van der Waals surface area contributed by atoms with Crippen molar-refractivity contribution in [2.45, 2.75) is 58.1 Å². The molecule has 0 bridgehead atoms. The molecule has 1 fully saturated rings. The van der Waals surface area contributed by atoms with E-state index in [1.54, 1.807) is 16.9 Å². The average Bonchev–Trinajstić information content (AvgIpc) is 3.59. The van der Waals surface area contributed by atoms with Crippen molar-refractivity contribution in [3.8, 4) is 5.75 Å². The third-order valence-corrected chi connectivity index (χ3v) is 5.45. The summed E-state index contributed by atoms with van der Waals surface area (Å²) in [5, 5.41) is 22.0. The van der Waals surface area contributed by atoms with Crippen LogP contribution in [0.2, 0.25) is 0 Å². The normalized spacial score (nSPS) is 13.6. The third kappa shape index (κ3) is 7.97. The largest absolute Gasteiger partial charge is 0.573 e. The number of aryl methyl sites for hydroxylation is 2. The Morgan fingerprint density at radius 1 is 1.06 bits per heavy atom. The van der Waals surface area contributed by atoms with Gasteiger partial charge in [0.25, 0.3) is 0 Å². The molecule has 9 nitrogen and oxygen atoms in total. The molecule has 3 aromatic rings. The zero-order chi connectivity index (χ0) is 25.5. The number of hydrogen-bond donors (Lipinski definition) is 2. The number of nitrogens with one attached hydrogen (secondary N) is 2. The summed E-state index contributed by atoms with van der Waals surface area (Å²) in [6.45, 7) is 0.905. The molecule has 1 aliphatic rings. The van der Waals surface area contributed by atoms with E-state index in [1.807, 2.05) is 6.07 Å². The number of halogens is 4. The molecule has 0 aliphatic heterocycles. The van der Waals surface area contributed by atoms with Crippen molar-refractivity contribution in [3.63, 3.8) is 0 Å². The third-order valence-electron chi connectivity index (χ3n) is 5.45. The second-order valence-electron chi connectivity index (χ2n) is 8.51. The van der Waals surface area contributed by atoms with E-state index in [2.05, 4.69) is 35.9 Å². The molecule has 0 unspecified atom stereocenters. The fraction of sp³-hybridized carbons (Fsp3) is 0.435. The Morgan fingerprint density at radius 3 is 2.61 bits per heavy atom. The van der Waals surface area contributed by atoms with Crippen LogP contribution in [-0.4, -0.2) is 37.5 Å². The average molecular weight is 507 g/mol. The van der Waals surface area contributed by atoms with Crippen LogP contribution in [0.15, 0.2) is 36.5 Å². The molecular formula is C23H25F4N7O2. The second-order valence-corrected chi connectivity index (χ2v) is 8.51. The lowest BCUT2D eigenvalue weighted by atomic mass is 10.2. The van der Waals surface area contributed by atoms with Crippen LogP contribution in [0.4, 0.5) is 23.4 Å². The molecule has 0 saturated heterocycles. The Hall–Kier alpha value is -3.61. The van der Waals surface area contributed by atoms with E-state index in [4.69, 9.17) is 0 Å². The first-order valence-corrected chi connectivity index (χ1v) is 11.5. The number of benzene rings is 1. The Bertz CT molecular complexity index is 1160. The molecule has 0 radical (unpaired) electrons. The summed E-state index contributed by atoms with van der Waals surface area (Å²) in [4.78, 5) is 11.7. The van der Waals surface area contributed by atoms with Crippen molar-refractivity contribution >= 4 is 11.7 Å². The standard InChI is InChI=1S/C23H25F4N7O2/c24-20-8-7-19(36-23(25,26)27)11-16(20)12-28-13-18-14-34(33-31-18)10-2-1-3-17-6-9-21(32-30-17)29-22(35)15-4-5-15/h6-9,11,14-15,28H,1-5,10,12-13H2,(H,29,32,35). The number of anilines is 1. The molecule has 1 aliphatic carbocycles. The minimum Gasteiger partial charge on any atom is -0.406 e. The number of hydrogen-bond acceptors (Lipinski definition) is 7. The maximum Gasteiger partial charge on any atom is 0.573 e. The van der Waals surface area contributed by atoms with Crippen molar-refractivity contribution in [3.05, 3.63) is 59.3 Å². The highest BCUT2D eigenvalue weighted by Crippen LogP contribution is 2.29. The molecule has 0 atom stereocenters. The molecule has 2 heterocycles. The fourth-order valence-electron chi connectivity index (χ4n) is 3.45. The van der Waals surface area contributed by atoms with Crippen LogP contribution >= 0.6 is 0 Å². The Kier molecular flexibility index (Phi) is 8.08. The van der Waals surface area contributed by atoms with Crippen molar-refractivity contribution in [2.75, 3.05) is 5.32 Å². The molecule has 36 heavy (non-hydrogen) atoms.